The zero-order valence-electron chi connectivity index (χ0n) is 12.1. The molecule has 2 heterocycles. The summed E-state index contributed by atoms with van der Waals surface area (Å²) in [4.78, 5) is 14.3. The molecule has 0 bridgehead atoms. The molecule has 0 spiro atoms. The lowest BCUT2D eigenvalue weighted by Gasteiger charge is -2.29. The van der Waals surface area contributed by atoms with Crippen LogP contribution in [0.1, 0.15) is 39.7 Å². The largest absolute Gasteiger partial charge is 0.310 e. The van der Waals surface area contributed by atoms with Crippen LogP contribution in [-0.4, -0.2) is 40.2 Å². The minimum Gasteiger partial charge on any atom is -0.310 e. The summed E-state index contributed by atoms with van der Waals surface area (Å²) in [5.74, 6) is 1.63. The molecular weight excluding hydrogens is 240 g/mol. The SMILES string of the molecule is CC1CCN(CC(=O)Nc2ccnn2C(C)C)CC1. The maximum absolute atomic E-state index is 12.0. The summed E-state index contributed by atoms with van der Waals surface area (Å²) in [6.07, 6.45) is 4.10. The van der Waals surface area contributed by atoms with E-state index in [-0.39, 0.29) is 11.9 Å². The van der Waals surface area contributed by atoms with Gasteiger partial charge in [-0.3, -0.25) is 9.69 Å². The van der Waals surface area contributed by atoms with Crippen molar-refractivity contribution in [3.05, 3.63) is 12.3 Å². The summed E-state index contributed by atoms with van der Waals surface area (Å²) in [5.41, 5.74) is 0. The first kappa shape index (κ1) is 14.1. The van der Waals surface area contributed by atoms with Gasteiger partial charge in [0.25, 0.3) is 0 Å². The predicted octanol–water partition coefficient (Wildman–Crippen LogP) is 2.13. The highest BCUT2D eigenvalue weighted by Crippen LogP contribution is 2.16. The second kappa shape index (κ2) is 6.19. The Morgan fingerprint density at radius 1 is 1.47 bits per heavy atom. The molecule has 1 aliphatic heterocycles. The van der Waals surface area contributed by atoms with E-state index in [1.54, 1.807) is 6.20 Å². The number of piperidine rings is 1. The standard InChI is InChI=1S/C14H24N4O/c1-11(2)18-13(4-7-15-18)16-14(19)10-17-8-5-12(3)6-9-17/h4,7,11-12H,5-6,8-10H2,1-3H3,(H,16,19). The Morgan fingerprint density at radius 2 is 2.16 bits per heavy atom. The Kier molecular flexibility index (Phi) is 4.58. The van der Waals surface area contributed by atoms with Gasteiger partial charge >= 0.3 is 0 Å². The summed E-state index contributed by atoms with van der Waals surface area (Å²) in [6, 6.07) is 2.09. The molecule has 0 radical (unpaired) electrons. The Morgan fingerprint density at radius 3 is 2.79 bits per heavy atom. The monoisotopic (exact) mass is 264 g/mol. The number of rotatable bonds is 4. The van der Waals surface area contributed by atoms with Crippen molar-refractivity contribution in [3.8, 4) is 0 Å². The molecule has 0 aromatic carbocycles. The van der Waals surface area contributed by atoms with E-state index in [4.69, 9.17) is 0 Å². The Bertz CT molecular complexity index is 419. The van der Waals surface area contributed by atoms with Gasteiger partial charge in [0.2, 0.25) is 5.91 Å². The van der Waals surface area contributed by atoms with Crippen molar-refractivity contribution in [2.24, 2.45) is 5.92 Å². The van der Waals surface area contributed by atoms with E-state index in [1.807, 2.05) is 10.7 Å². The molecule has 19 heavy (non-hydrogen) atoms. The van der Waals surface area contributed by atoms with Crippen molar-refractivity contribution in [2.75, 3.05) is 25.0 Å². The van der Waals surface area contributed by atoms with E-state index in [1.165, 1.54) is 12.8 Å². The predicted molar refractivity (Wildman–Crippen MR) is 76.1 cm³/mol. The molecule has 1 amide bonds. The van der Waals surface area contributed by atoms with Gasteiger partial charge < -0.3 is 5.32 Å². The molecule has 106 valence electrons. The van der Waals surface area contributed by atoms with Crippen molar-refractivity contribution < 1.29 is 4.79 Å². The van der Waals surface area contributed by atoms with Crippen LogP contribution in [0.15, 0.2) is 12.3 Å². The summed E-state index contributed by atoms with van der Waals surface area (Å²) in [5, 5.41) is 7.16. The maximum atomic E-state index is 12.0. The van der Waals surface area contributed by atoms with Crippen molar-refractivity contribution in [1.29, 1.82) is 0 Å². The second-order valence-corrected chi connectivity index (χ2v) is 5.76. The summed E-state index contributed by atoms with van der Waals surface area (Å²) in [7, 11) is 0. The number of nitrogens with zero attached hydrogens (tertiary/aromatic N) is 3. The Labute approximate surface area is 115 Å². The summed E-state index contributed by atoms with van der Waals surface area (Å²) in [6.45, 7) is 8.91. The zero-order valence-corrected chi connectivity index (χ0v) is 12.1. The molecule has 5 nitrogen and oxygen atoms in total. The maximum Gasteiger partial charge on any atom is 0.239 e. The molecule has 1 saturated heterocycles. The number of carbonyl (C=O) groups is 1. The van der Waals surface area contributed by atoms with E-state index in [0.717, 1.165) is 24.8 Å². The molecular formula is C14H24N4O. The van der Waals surface area contributed by atoms with E-state index < -0.39 is 0 Å². The first-order valence-electron chi connectivity index (χ1n) is 7.12. The molecule has 0 saturated carbocycles. The fourth-order valence-corrected chi connectivity index (χ4v) is 2.43. The minimum absolute atomic E-state index is 0.0527. The van der Waals surface area contributed by atoms with Gasteiger partial charge in [-0.15, -0.1) is 0 Å². The van der Waals surface area contributed by atoms with Gasteiger partial charge in [0.05, 0.1) is 12.7 Å². The normalized spacial score (nSPS) is 17.9. The fourth-order valence-electron chi connectivity index (χ4n) is 2.43. The van der Waals surface area contributed by atoms with Crippen LogP contribution in [0.5, 0.6) is 0 Å². The molecule has 1 N–H and O–H groups in total. The third kappa shape index (κ3) is 3.80. The smallest absolute Gasteiger partial charge is 0.239 e. The van der Waals surface area contributed by atoms with Gasteiger partial charge in [0, 0.05) is 12.1 Å². The van der Waals surface area contributed by atoms with E-state index in [9.17, 15) is 4.79 Å². The second-order valence-electron chi connectivity index (χ2n) is 5.76. The van der Waals surface area contributed by atoms with Crippen LogP contribution >= 0.6 is 0 Å². The van der Waals surface area contributed by atoms with Crippen LogP contribution in [0.4, 0.5) is 5.82 Å². The molecule has 1 fully saturated rings. The quantitative estimate of drug-likeness (QED) is 0.906. The van der Waals surface area contributed by atoms with Crippen LogP contribution in [0.3, 0.4) is 0 Å². The third-order valence-corrected chi connectivity index (χ3v) is 3.67. The number of hydrogen-bond donors (Lipinski definition) is 1. The first-order chi connectivity index (χ1) is 9.06. The average molecular weight is 264 g/mol. The molecule has 0 aliphatic carbocycles. The highest BCUT2D eigenvalue weighted by molar-refractivity contribution is 5.91. The van der Waals surface area contributed by atoms with Gasteiger partial charge in [-0.1, -0.05) is 6.92 Å². The van der Waals surface area contributed by atoms with E-state index >= 15 is 0 Å². The Hall–Kier alpha value is -1.36. The summed E-state index contributed by atoms with van der Waals surface area (Å²) < 4.78 is 1.83. The number of anilines is 1. The molecule has 1 aromatic rings. The lowest BCUT2D eigenvalue weighted by molar-refractivity contribution is -0.117. The average Bonchev–Trinajstić information content (AvgIpc) is 2.80. The summed E-state index contributed by atoms with van der Waals surface area (Å²) >= 11 is 0. The first-order valence-corrected chi connectivity index (χ1v) is 7.12. The number of hydrogen-bond acceptors (Lipinski definition) is 3. The van der Waals surface area contributed by atoms with E-state index in [0.29, 0.717) is 6.54 Å². The zero-order chi connectivity index (χ0) is 13.8. The molecule has 5 heteroatoms. The van der Waals surface area contributed by atoms with Crippen molar-refractivity contribution >= 4 is 11.7 Å². The van der Waals surface area contributed by atoms with Gasteiger partial charge in [0.1, 0.15) is 5.82 Å². The third-order valence-electron chi connectivity index (χ3n) is 3.67. The Balaban J connectivity index is 1.85. The topological polar surface area (TPSA) is 50.2 Å². The van der Waals surface area contributed by atoms with Crippen LogP contribution in [-0.2, 0) is 4.79 Å². The van der Waals surface area contributed by atoms with Gasteiger partial charge in [-0.2, -0.15) is 5.10 Å². The minimum atomic E-state index is 0.0527. The van der Waals surface area contributed by atoms with Crippen LogP contribution in [0.25, 0.3) is 0 Å². The number of carbonyl (C=O) groups excluding carboxylic acids is 1. The van der Waals surface area contributed by atoms with Crippen LogP contribution in [0, 0.1) is 5.92 Å². The highest BCUT2D eigenvalue weighted by Gasteiger charge is 2.18. The van der Waals surface area contributed by atoms with Crippen molar-refractivity contribution in [3.63, 3.8) is 0 Å². The van der Waals surface area contributed by atoms with E-state index in [2.05, 4.69) is 36.1 Å². The lowest BCUT2D eigenvalue weighted by atomic mass is 9.99. The van der Waals surface area contributed by atoms with Crippen molar-refractivity contribution in [1.82, 2.24) is 14.7 Å². The molecule has 2 rings (SSSR count). The number of aromatic nitrogens is 2. The van der Waals surface area contributed by atoms with Gasteiger partial charge in [-0.05, 0) is 45.7 Å². The number of nitrogens with one attached hydrogen (secondary N) is 1. The number of likely N-dealkylation sites (tertiary alicyclic amines) is 1. The fraction of sp³-hybridized carbons (Fsp3) is 0.714. The molecule has 1 aliphatic rings. The highest BCUT2D eigenvalue weighted by atomic mass is 16.2. The molecule has 0 unspecified atom stereocenters. The molecule has 0 atom stereocenters. The van der Waals surface area contributed by atoms with Crippen LogP contribution in [0.2, 0.25) is 0 Å². The van der Waals surface area contributed by atoms with Gasteiger partial charge in [0.15, 0.2) is 0 Å². The van der Waals surface area contributed by atoms with Gasteiger partial charge in [-0.25, -0.2) is 4.68 Å². The molecule has 1 aromatic heterocycles. The van der Waals surface area contributed by atoms with Crippen LogP contribution < -0.4 is 5.32 Å². The van der Waals surface area contributed by atoms with Crippen molar-refractivity contribution in [2.45, 2.75) is 39.7 Å². The lowest BCUT2D eigenvalue weighted by Crippen LogP contribution is -2.39. The number of amides is 1.